The molecule has 1 heterocycles. The van der Waals surface area contributed by atoms with E-state index in [-0.39, 0.29) is 5.91 Å². The van der Waals surface area contributed by atoms with Crippen molar-refractivity contribution in [3.8, 4) is 0 Å². The van der Waals surface area contributed by atoms with Crippen LogP contribution in [0.1, 0.15) is 28.3 Å². The second-order valence-electron chi connectivity index (χ2n) is 5.34. The van der Waals surface area contributed by atoms with Crippen LogP contribution in [0.15, 0.2) is 54.6 Å². The quantitative estimate of drug-likeness (QED) is 0.671. The van der Waals surface area contributed by atoms with Crippen LogP contribution < -0.4 is 11.3 Å². The maximum absolute atomic E-state index is 12.6. The van der Waals surface area contributed by atoms with Gasteiger partial charge in [-0.25, -0.2) is 0 Å². The number of carbonyl (C=O) groups is 1. The lowest BCUT2D eigenvalue weighted by atomic mass is 9.99. The van der Waals surface area contributed by atoms with Crippen molar-refractivity contribution in [1.29, 1.82) is 0 Å². The summed E-state index contributed by atoms with van der Waals surface area (Å²) in [5, 5.41) is 0. The molecule has 0 bridgehead atoms. The van der Waals surface area contributed by atoms with Gasteiger partial charge in [-0.3, -0.25) is 10.6 Å². The van der Waals surface area contributed by atoms with Gasteiger partial charge >= 0.3 is 0 Å². The Hall–Kier alpha value is -2.33. The molecule has 2 aromatic carbocycles. The average molecular weight is 281 g/mol. The molecule has 1 saturated heterocycles. The van der Waals surface area contributed by atoms with Crippen molar-refractivity contribution in [2.75, 3.05) is 18.5 Å². The molecule has 1 atom stereocenters. The Morgan fingerprint density at radius 1 is 1.10 bits per heavy atom. The number of nitrogens with zero attached hydrogens (tertiary/aromatic N) is 1. The summed E-state index contributed by atoms with van der Waals surface area (Å²) >= 11 is 0. The molecule has 1 unspecified atom stereocenters. The Morgan fingerprint density at radius 3 is 2.57 bits per heavy atom. The minimum absolute atomic E-state index is 0.0435. The van der Waals surface area contributed by atoms with Gasteiger partial charge in [-0.15, -0.1) is 0 Å². The first-order valence-corrected chi connectivity index (χ1v) is 7.19. The number of nitrogens with two attached hydrogens (primary N) is 1. The predicted molar refractivity (Wildman–Crippen MR) is 84.0 cm³/mol. The Morgan fingerprint density at radius 2 is 1.81 bits per heavy atom. The van der Waals surface area contributed by atoms with Crippen LogP contribution in [-0.2, 0) is 0 Å². The normalized spacial score (nSPS) is 17.8. The lowest BCUT2D eigenvalue weighted by Crippen LogP contribution is -2.29. The van der Waals surface area contributed by atoms with Gasteiger partial charge in [0.25, 0.3) is 5.91 Å². The fourth-order valence-corrected chi connectivity index (χ4v) is 2.91. The van der Waals surface area contributed by atoms with E-state index in [1.807, 2.05) is 47.4 Å². The Kier molecular flexibility index (Phi) is 3.88. The molecule has 1 amide bonds. The van der Waals surface area contributed by atoms with Crippen LogP contribution in [-0.4, -0.2) is 23.9 Å². The summed E-state index contributed by atoms with van der Waals surface area (Å²) in [6.07, 6.45) is 1.01. The van der Waals surface area contributed by atoms with Crippen molar-refractivity contribution in [2.24, 2.45) is 5.84 Å². The number of hydrogen-bond donors (Lipinski definition) is 2. The zero-order valence-electron chi connectivity index (χ0n) is 11.8. The number of para-hydroxylation sites is 1. The highest BCUT2D eigenvalue weighted by Crippen LogP contribution is 2.28. The molecular weight excluding hydrogens is 262 g/mol. The number of nitrogen functional groups attached to an aromatic ring is 1. The summed E-state index contributed by atoms with van der Waals surface area (Å²) in [6.45, 7) is 1.55. The van der Waals surface area contributed by atoms with Crippen LogP contribution in [0.5, 0.6) is 0 Å². The van der Waals surface area contributed by atoms with E-state index in [1.54, 1.807) is 0 Å². The molecule has 4 heteroatoms. The molecule has 0 spiro atoms. The van der Waals surface area contributed by atoms with Gasteiger partial charge < -0.3 is 10.3 Å². The number of carbonyl (C=O) groups excluding carboxylic acids is 1. The maximum atomic E-state index is 12.6. The third kappa shape index (κ3) is 2.76. The molecule has 3 N–H and O–H groups in total. The second-order valence-corrected chi connectivity index (χ2v) is 5.34. The van der Waals surface area contributed by atoms with Gasteiger partial charge in [-0.2, -0.15) is 0 Å². The highest BCUT2D eigenvalue weighted by atomic mass is 16.2. The first kappa shape index (κ1) is 13.6. The van der Waals surface area contributed by atoms with E-state index in [1.165, 1.54) is 5.56 Å². The smallest absolute Gasteiger partial charge is 0.256 e. The molecule has 0 saturated carbocycles. The largest absolute Gasteiger partial charge is 0.338 e. The van der Waals surface area contributed by atoms with Gasteiger partial charge in [0.05, 0.1) is 11.3 Å². The first-order chi connectivity index (χ1) is 10.3. The van der Waals surface area contributed by atoms with Crippen molar-refractivity contribution in [3.63, 3.8) is 0 Å². The zero-order chi connectivity index (χ0) is 14.7. The number of nitrogens with one attached hydrogen (secondary N) is 1. The van der Waals surface area contributed by atoms with E-state index in [4.69, 9.17) is 5.84 Å². The first-order valence-electron chi connectivity index (χ1n) is 7.19. The second kappa shape index (κ2) is 5.97. The molecule has 1 fully saturated rings. The Bertz CT molecular complexity index is 627. The average Bonchev–Trinajstić information content (AvgIpc) is 3.05. The molecule has 4 nitrogen and oxygen atoms in total. The van der Waals surface area contributed by atoms with Gasteiger partial charge in [-0.1, -0.05) is 42.5 Å². The van der Waals surface area contributed by atoms with Crippen molar-refractivity contribution in [2.45, 2.75) is 12.3 Å². The summed E-state index contributed by atoms with van der Waals surface area (Å²) < 4.78 is 0. The minimum Gasteiger partial charge on any atom is -0.338 e. The molecular formula is C17H19N3O. The molecule has 2 aromatic rings. The summed E-state index contributed by atoms with van der Waals surface area (Å²) in [4.78, 5) is 14.5. The van der Waals surface area contributed by atoms with Crippen LogP contribution in [0.2, 0.25) is 0 Å². The third-order valence-electron chi connectivity index (χ3n) is 4.06. The molecule has 1 aliphatic heterocycles. The van der Waals surface area contributed by atoms with Crippen LogP contribution in [0, 0.1) is 0 Å². The zero-order valence-corrected chi connectivity index (χ0v) is 11.8. The molecule has 0 aliphatic carbocycles. The number of hydrogen-bond acceptors (Lipinski definition) is 3. The SMILES string of the molecule is NNc1ccccc1C(=O)N1CCC(c2ccccc2)C1. The lowest BCUT2D eigenvalue weighted by molar-refractivity contribution is 0.0791. The van der Waals surface area contributed by atoms with Crippen LogP contribution in [0.25, 0.3) is 0 Å². The van der Waals surface area contributed by atoms with E-state index < -0.39 is 0 Å². The standard InChI is InChI=1S/C17H19N3O/c18-19-16-9-5-4-8-15(16)17(21)20-11-10-14(12-20)13-6-2-1-3-7-13/h1-9,14,19H,10-12,18H2. The van der Waals surface area contributed by atoms with E-state index >= 15 is 0 Å². The number of rotatable bonds is 3. The molecule has 21 heavy (non-hydrogen) atoms. The summed E-state index contributed by atoms with van der Waals surface area (Å²) in [6, 6.07) is 17.7. The topological polar surface area (TPSA) is 58.4 Å². The van der Waals surface area contributed by atoms with Crippen molar-refractivity contribution >= 4 is 11.6 Å². The van der Waals surface area contributed by atoms with E-state index in [0.29, 0.717) is 17.2 Å². The highest BCUT2D eigenvalue weighted by molar-refractivity contribution is 5.99. The molecule has 0 aromatic heterocycles. The minimum atomic E-state index is 0.0435. The fraction of sp³-hybridized carbons (Fsp3) is 0.235. The third-order valence-corrected chi connectivity index (χ3v) is 4.06. The van der Waals surface area contributed by atoms with Gasteiger partial charge in [0.1, 0.15) is 0 Å². The van der Waals surface area contributed by atoms with Crippen molar-refractivity contribution < 1.29 is 4.79 Å². The monoisotopic (exact) mass is 281 g/mol. The Balaban J connectivity index is 1.75. The molecule has 108 valence electrons. The number of hydrazine groups is 1. The van der Waals surface area contributed by atoms with Crippen molar-refractivity contribution in [1.82, 2.24) is 4.90 Å². The predicted octanol–water partition coefficient (Wildman–Crippen LogP) is 2.60. The van der Waals surface area contributed by atoms with Crippen LogP contribution in [0.3, 0.4) is 0 Å². The summed E-state index contributed by atoms with van der Waals surface area (Å²) in [5.41, 5.74) is 5.20. The lowest BCUT2D eigenvalue weighted by Gasteiger charge is -2.18. The van der Waals surface area contributed by atoms with Gasteiger partial charge in [0.2, 0.25) is 0 Å². The van der Waals surface area contributed by atoms with Crippen molar-refractivity contribution in [3.05, 3.63) is 65.7 Å². The fourth-order valence-electron chi connectivity index (χ4n) is 2.91. The number of amides is 1. The van der Waals surface area contributed by atoms with Gasteiger partial charge in [-0.05, 0) is 24.1 Å². The van der Waals surface area contributed by atoms with E-state index in [2.05, 4.69) is 17.6 Å². The molecule has 0 radical (unpaired) electrons. The van der Waals surface area contributed by atoms with Gasteiger partial charge in [0.15, 0.2) is 0 Å². The maximum Gasteiger partial charge on any atom is 0.256 e. The number of benzene rings is 2. The number of likely N-dealkylation sites (tertiary alicyclic amines) is 1. The molecule has 3 rings (SSSR count). The van der Waals surface area contributed by atoms with Crippen LogP contribution in [0.4, 0.5) is 5.69 Å². The van der Waals surface area contributed by atoms with E-state index in [9.17, 15) is 4.79 Å². The highest BCUT2D eigenvalue weighted by Gasteiger charge is 2.28. The number of anilines is 1. The van der Waals surface area contributed by atoms with E-state index in [0.717, 1.165) is 19.5 Å². The molecule has 1 aliphatic rings. The summed E-state index contributed by atoms with van der Waals surface area (Å²) in [7, 11) is 0. The van der Waals surface area contributed by atoms with Crippen LogP contribution >= 0.6 is 0 Å². The summed E-state index contributed by atoms with van der Waals surface area (Å²) in [5.74, 6) is 5.95. The van der Waals surface area contributed by atoms with Gasteiger partial charge in [0, 0.05) is 19.0 Å². The Labute approximate surface area is 124 Å².